The molecule has 164 valence electrons. The van der Waals surface area contributed by atoms with Crippen LogP contribution in [-0.2, 0) is 15.1 Å². The van der Waals surface area contributed by atoms with Gasteiger partial charge in [-0.1, -0.05) is 29.3 Å². The van der Waals surface area contributed by atoms with Crippen molar-refractivity contribution >= 4 is 46.4 Å². The first-order valence-corrected chi connectivity index (χ1v) is 10.6. The first-order chi connectivity index (χ1) is 14.7. The van der Waals surface area contributed by atoms with Crippen LogP contribution in [0.4, 0.5) is 11.4 Å². The molecular weight excluding hydrogens is 441 g/mol. The highest BCUT2D eigenvalue weighted by atomic mass is 35.5. The van der Waals surface area contributed by atoms with Gasteiger partial charge in [0.2, 0.25) is 11.8 Å². The minimum atomic E-state index is -1.36. The Hall–Kier alpha value is -2.32. The average Bonchev–Trinajstić information content (AvgIpc) is 3.23. The van der Waals surface area contributed by atoms with Crippen LogP contribution in [0.15, 0.2) is 30.3 Å². The van der Waals surface area contributed by atoms with E-state index in [1.165, 1.54) is 7.11 Å². The van der Waals surface area contributed by atoms with Crippen molar-refractivity contribution in [2.45, 2.75) is 38.0 Å². The van der Waals surface area contributed by atoms with Gasteiger partial charge in [0.15, 0.2) is 0 Å². The number of aliphatic hydroxyl groups is 1. The number of amides is 2. The zero-order valence-electron chi connectivity index (χ0n) is 17.3. The third-order valence-electron chi connectivity index (χ3n) is 6.00. The number of benzene rings is 2. The number of rotatable bonds is 4. The van der Waals surface area contributed by atoms with Gasteiger partial charge in [-0.3, -0.25) is 14.9 Å². The molecule has 2 aliphatic rings. The fraction of sp³-hybridized carbons (Fsp3) is 0.364. The van der Waals surface area contributed by atoms with E-state index in [0.29, 0.717) is 32.7 Å². The molecular formula is C22H23Cl2N3O4. The van der Waals surface area contributed by atoms with Crippen LogP contribution in [0.25, 0.3) is 0 Å². The number of hydrogen-bond donors (Lipinski definition) is 4. The van der Waals surface area contributed by atoms with Crippen molar-refractivity contribution in [3.63, 3.8) is 0 Å². The number of hydrogen-bond acceptors (Lipinski definition) is 5. The molecule has 7 nitrogen and oxygen atoms in total. The summed E-state index contributed by atoms with van der Waals surface area (Å²) < 4.78 is 5.32. The van der Waals surface area contributed by atoms with E-state index in [4.69, 9.17) is 27.9 Å². The SMILES string of the molecule is COc1ccc(Cl)cc1NC(=O)[C@@H]1C[C@H]([C@H](C)O)N[C@@]12C(=O)Nc1c(Cl)cc(C)cc12. The van der Waals surface area contributed by atoms with Gasteiger partial charge in [0.1, 0.15) is 11.3 Å². The molecule has 0 radical (unpaired) electrons. The van der Waals surface area contributed by atoms with Crippen LogP contribution >= 0.6 is 23.2 Å². The van der Waals surface area contributed by atoms with Crippen molar-refractivity contribution in [3.05, 3.63) is 51.5 Å². The molecule has 4 atom stereocenters. The van der Waals surface area contributed by atoms with E-state index in [1.807, 2.05) is 13.0 Å². The summed E-state index contributed by atoms with van der Waals surface area (Å²) in [5.74, 6) is -1.14. The molecule has 4 rings (SSSR count). The summed E-state index contributed by atoms with van der Waals surface area (Å²) in [5, 5.41) is 20.0. The second-order valence-electron chi connectivity index (χ2n) is 8.05. The molecule has 31 heavy (non-hydrogen) atoms. The Bertz CT molecular complexity index is 1070. The van der Waals surface area contributed by atoms with Crippen molar-refractivity contribution < 1.29 is 19.4 Å². The van der Waals surface area contributed by atoms with E-state index in [2.05, 4.69) is 16.0 Å². The number of carbonyl (C=O) groups is 2. The summed E-state index contributed by atoms with van der Waals surface area (Å²) in [4.78, 5) is 26.8. The topological polar surface area (TPSA) is 99.7 Å². The quantitative estimate of drug-likeness (QED) is 0.556. The minimum Gasteiger partial charge on any atom is -0.495 e. The van der Waals surface area contributed by atoms with Gasteiger partial charge >= 0.3 is 0 Å². The van der Waals surface area contributed by atoms with Crippen molar-refractivity contribution in [1.29, 1.82) is 0 Å². The number of methoxy groups -OCH3 is 1. The fourth-order valence-electron chi connectivity index (χ4n) is 4.51. The molecule has 1 fully saturated rings. The maximum Gasteiger partial charge on any atom is 0.250 e. The Labute approximate surface area is 190 Å². The van der Waals surface area contributed by atoms with E-state index in [0.717, 1.165) is 5.56 Å². The Morgan fingerprint density at radius 1 is 1.32 bits per heavy atom. The van der Waals surface area contributed by atoms with Gasteiger partial charge < -0.3 is 20.5 Å². The fourth-order valence-corrected chi connectivity index (χ4v) is 5.00. The van der Waals surface area contributed by atoms with Crippen LogP contribution in [0, 0.1) is 12.8 Å². The maximum absolute atomic E-state index is 13.5. The van der Waals surface area contributed by atoms with E-state index in [1.54, 1.807) is 31.2 Å². The Morgan fingerprint density at radius 3 is 2.74 bits per heavy atom. The Kier molecular flexibility index (Phi) is 5.64. The lowest BCUT2D eigenvalue weighted by Crippen LogP contribution is -2.53. The molecule has 0 saturated carbocycles. The molecule has 0 unspecified atom stereocenters. The first-order valence-electron chi connectivity index (χ1n) is 9.89. The molecule has 0 aliphatic carbocycles. The third kappa shape index (κ3) is 3.55. The average molecular weight is 464 g/mol. The van der Waals surface area contributed by atoms with Gasteiger partial charge in [-0.05, 0) is 50.1 Å². The number of fused-ring (bicyclic) bond motifs is 2. The molecule has 9 heteroatoms. The standard InChI is InChI=1S/C22H23Cl2N3O4/c1-10-6-13-19(15(24)7-10)26-21(30)22(13)14(9-16(27-22)11(2)28)20(29)25-17-8-12(23)4-5-18(17)31-3/h4-8,11,14,16,27-28H,9H2,1-3H3,(H,25,29)(H,26,30)/t11-,14-,16+,22+/m0/s1. The number of carbonyl (C=O) groups excluding carboxylic acids is 2. The van der Waals surface area contributed by atoms with E-state index < -0.39 is 29.5 Å². The Balaban J connectivity index is 1.79. The van der Waals surface area contributed by atoms with Crippen LogP contribution in [0.3, 0.4) is 0 Å². The lowest BCUT2D eigenvalue weighted by atomic mass is 9.79. The number of aryl methyl sites for hydroxylation is 1. The van der Waals surface area contributed by atoms with E-state index >= 15 is 0 Å². The van der Waals surface area contributed by atoms with Gasteiger partial charge in [0.05, 0.1) is 35.5 Å². The van der Waals surface area contributed by atoms with Gasteiger partial charge in [-0.2, -0.15) is 0 Å². The lowest BCUT2D eigenvalue weighted by Gasteiger charge is -2.30. The molecule has 2 heterocycles. The maximum atomic E-state index is 13.5. The minimum absolute atomic E-state index is 0.255. The van der Waals surface area contributed by atoms with Gasteiger partial charge in [-0.15, -0.1) is 0 Å². The molecule has 0 bridgehead atoms. The molecule has 2 aliphatic heterocycles. The van der Waals surface area contributed by atoms with Gasteiger partial charge in [0, 0.05) is 16.6 Å². The first kappa shape index (κ1) is 21.9. The molecule has 1 spiro atoms. The van der Waals surface area contributed by atoms with Crippen LogP contribution in [-0.4, -0.2) is 36.2 Å². The Morgan fingerprint density at radius 2 is 2.06 bits per heavy atom. The summed E-state index contributed by atoms with van der Waals surface area (Å²) in [6, 6.07) is 8.03. The monoisotopic (exact) mass is 463 g/mol. The van der Waals surface area contributed by atoms with Crippen LogP contribution < -0.4 is 20.7 Å². The number of ether oxygens (including phenoxy) is 1. The normalized spacial score (nSPS) is 25.3. The van der Waals surface area contributed by atoms with Gasteiger partial charge in [-0.25, -0.2) is 0 Å². The summed E-state index contributed by atoms with van der Waals surface area (Å²) in [5.41, 5.74) is 0.981. The number of aliphatic hydroxyl groups excluding tert-OH is 1. The zero-order valence-corrected chi connectivity index (χ0v) is 18.8. The molecule has 1 saturated heterocycles. The second-order valence-corrected chi connectivity index (χ2v) is 8.89. The second kappa shape index (κ2) is 7.98. The molecule has 2 amide bonds. The van der Waals surface area contributed by atoms with E-state index in [-0.39, 0.29) is 12.3 Å². The smallest absolute Gasteiger partial charge is 0.250 e. The predicted molar refractivity (Wildman–Crippen MR) is 120 cm³/mol. The van der Waals surface area contributed by atoms with Gasteiger partial charge in [0.25, 0.3) is 0 Å². The third-order valence-corrected chi connectivity index (χ3v) is 6.53. The van der Waals surface area contributed by atoms with Crippen LogP contribution in [0.5, 0.6) is 5.75 Å². The molecule has 2 aromatic carbocycles. The largest absolute Gasteiger partial charge is 0.495 e. The summed E-state index contributed by atoms with van der Waals surface area (Å²) in [6.45, 7) is 3.50. The number of nitrogens with one attached hydrogen (secondary N) is 3. The number of halogens is 2. The van der Waals surface area contributed by atoms with E-state index in [9.17, 15) is 14.7 Å². The summed E-state index contributed by atoms with van der Waals surface area (Å²) in [6.07, 6.45) is -0.516. The zero-order chi connectivity index (χ0) is 22.5. The molecule has 2 aromatic rings. The lowest BCUT2D eigenvalue weighted by molar-refractivity contribution is -0.130. The van der Waals surface area contributed by atoms with Crippen LogP contribution in [0.1, 0.15) is 24.5 Å². The highest BCUT2D eigenvalue weighted by Crippen LogP contribution is 2.50. The summed E-state index contributed by atoms with van der Waals surface area (Å²) in [7, 11) is 1.49. The highest BCUT2D eigenvalue weighted by molar-refractivity contribution is 6.35. The van der Waals surface area contributed by atoms with Crippen LogP contribution in [0.2, 0.25) is 10.0 Å². The molecule has 0 aromatic heterocycles. The molecule has 4 N–H and O–H groups in total. The van der Waals surface area contributed by atoms with Crippen molar-refractivity contribution in [2.24, 2.45) is 5.92 Å². The summed E-state index contributed by atoms with van der Waals surface area (Å²) >= 11 is 12.5. The van der Waals surface area contributed by atoms with Crippen molar-refractivity contribution in [1.82, 2.24) is 5.32 Å². The van der Waals surface area contributed by atoms with Crippen molar-refractivity contribution in [3.8, 4) is 5.75 Å². The highest BCUT2D eigenvalue weighted by Gasteiger charge is 2.61. The number of anilines is 2. The van der Waals surface area contributed by atoms with Crippen molar-refractivity contribution in [2.75, 3.05) is 17.7 Å². The predicted octanol–water partition coefficient (Wildman–Crippen LogP) is 3.46.